The van der Waals surface area contributed by atoms with Gasteiger partial charge in [0.1, 0.15) is 13.2 Å². The van der Waals surface area contributed by atoms with Crippen molar-refractivity contribution in [3.05, 3.63) is 23.8 Å². The zero-order chi connectivity index (χ0) is 14.4. The van der Waals surface area contributed by atoms with Gasteiger partial charge in [-0.2, -0.15) is 0 Å². The fourth-order valence-electron chi connectivity index (χ4n) is 2.59. The Kier molecular flexibility index (Phi) is 5.68. The summed E-state index contributed by atoms with van der Waals surface area (Å²) >= 11 is 0. The first-order valence-corrected chi connectivity index (χ1v) is 7.57. The van der Waals surface area contributed by atoms with Gasteiger partial charge in [-0.3, -0.25) is 0 Å². The fourth-order valence-corrected chi connectivity index (χ4v) is 2.59. The Bertz CT molecular complexity index is 423. The normalized spacial score (nSPS) is 15.4. The summed E-state index contributed by atoms with van der Waals surface area (Å²) in [7, 11) is 2.02. The minimum absolute atomic E-state index is 0.317. The first kappa shape index (κ1) is 15.1. The van der Waals surface area contributed by atoms with Crippen molar-refractivity contribution in [2.24, 2.45) is 0 Å². The molecule has 0 saturated heterocycles. The van der Waals surface area contributed by atoms with Crippen molar-refractivity contribution in [1.29, 1.82) is 0 Å². The molecular weight excluding hydrogens is 252 g/mol. The van der Waals surface area contributed by atoms with E-state index in [0.29, 0.717) is 19.3 Å². The van der Waals surface area contributed by atoms with E-state index in [4.69, 9.17) is 9.47 Å². The van der Waals surface area contributed by atoms with E-state index in [0.717, 1.165) is 31.1 Å². The van der Waals surface area contributed by atoms with E-state index in [2.05, 4.69) is 36.2 Å². The van der Waals surface area contributed by atoms with Gasteiger partial charge in [0.2, 0.25) is 0 Å². The van der Waals surface area contributed by atoms with Crippen LogP contribution in [0.2, 0.25) is 0 Å². The maximum atomic E-state index is 5.67. The molecule has 0 fully saturated rings. The van der Waals surface area contributed by atoms with Crippen LogP contribution in [0.4, 0.5) is 0 Å². The molecular formula is C16H26N2O2. The second-order valence-corrected chi connectivity index (χ2v) is 5.14. The molecule has 2 rings (SSSR count). The first-order valence-electron chi connectivity index (χ1n) is 7.57. The Balaban J connectivity index is 2.10. The third-order valence-corrected chi connectivity index (χ3v) is 3.74. The first-order chi connectivity index (χ1) is 9.78. The number of benzene rings is 1. The Hall–Kier alpha value is -1.26. The van der Waals surface area contributed by atoms with E-state index in [9.17, 15) is 0 Å². The number of nitrogens with zero attached hydrogens (tertiary/aromatic N) is 1. The van der Waals surface area contributed by atoms with Crippen LogP contribution in [-0.2, 0) is 0 Å². The number of hydrogen-bond acceptors (Lipinski definition) is 4. The summed E-state index contributed by atoms with van der Waals surface area (Å²) in [6.45, 7) is 8.95. The van der Waals surface area contributed by atoms with Crippen molar-refractivity contribution in [2.45, 2.75) is 26.3 Å². The molecule has 0 spiro atoms. The minimum atomic E-state index is 0.317. The summed E-state index contributed by atoms with van der Waals surface area (Å²) in [5.74, 6) is 1.73. The smallest absolute Gasteiger partial charge is 0.161 e. The number of ether oxygens (including phenoxy) is 2. The van der Waals surface area contributed by atoms with Crippen LogP contribution in [0, 0.1) is 0 Å². The van der Waals surface area contributed by atoms with Gasteiger partial charge in [0, 0.05) is 12.6 Å². The van der Waals surface area contributed by atoms with E-state index < -0.39 is 0 Å². The average molecular weight is 278 g/mol. The lowest BCUT2D eigenvalue weighted by atomic mass is 10.1. The molecule has 4 heteroatoms. The highest BCUT2D eigenvalue weighted by molar-refractivity contribution is 5.44. The van der Waals surface area contributed by atoms with Crippen LogP contribution in [0.1, 0.15) is 31.9 Å². The molecule has 0 radical (unpaired) electrons. The van der Waals surface area contributed by atoms with Crippen LogP contribution < -0.4 is 14.8 Å². The molecule has 1 aromatic carbocycles. The highest BCUT2D eigenvalue weighted by atomic mass is 16.6. The third kappa shape index (κ3) is 3.64. The van der Waals surface area contributed by atoms with Crippen molar-refractivity contribution in [1.82, 2.24) is 10.2 Å². The highest BCUT2D eigenvalue weighted by Gasteiger charge is 2.17. The molecule has 1 heterocycles. The van der Waals surface area contributed by atoms with E-state index in [1.54, 1.807) is 0 Å². The summed E-state index contributed by atoms with van der Waals surface area (Å²) in [5, 5.41) is 3.41. The molecule has 4 nitrogen and oxygen atoms in total. The zero-order valence-corrected chi connectivity index (χ0v) is 12.8. The predicted octanol–water partition coefficient (Wildman–Crippen LogP) is 2.45. The lowest BCUT2D eigenvalue weighted by Crippen LogP contribution is -2.34. The molecule has 1 unspecified atom stereocenters. The number of nitrogens with one attached hydrogen (secondary N) is 1. The number of likely N-dealkylation sites (N-methyl/N-ethyl adjacent to an activating group) is 2. The summed E-state index contributed by atoms with van der Waals surface area (Å²) in [6.07, 6.45) is 1.19. The largest absolute Gasteiger partial charge is 0.486 e. The predicted molar refractivity (Wildman–Crippen MR) is 81.6 cm³/mol. The summed E-state index contributed by atoms with van der Waals surface area (Å²) in [5.41, 5.74) is 1.26. The van der Waals surface area contributed by atoms with E-state index in [-0.39, 0.29) is 0 Å². The Labute approximate surface area is 122 Å². The molecule has 1 N–H and O–H groups in total. The van der Waals surface area contributed by atoms with Crippen LogP contribution in [0.5, 0.6) is 11.5 Å². The van der Waals surface area contributed by atoms with Crippen LogP contribution in [0.3, 0.4) is 0 Å². The van der Waals surface area contributed by atoms with Crippen LogP contribution in [0.15, 0.2) is 18.2 Å². The lowest BCUT2D eigenvalue weighted by molar-refractivity contribution is 0.171. The van der Waals surface area contributed by atoms with E-state index >= 15 is 0 Å². The van der Waals surface area contributed by atoms with Gasteiger partial charge in [-0.05, 0) is 44.3 Å². The SMILES string of the molecule is CCCN(CC)CC(NC)c1ccc2c(c1)OCCO2. The van der Waals surface area contributed by atoms with Gasteiger partial charge < -0.3 is 19.7 Å². The summed E-state index contributed by atoms with van der Waals surface area (Å²) in [4.78, 5) is 2.47. The minimum Gasteiger partial charge on any atom is -0.486 e. The van der Waals surface area contributed by atoms with Crippen LogP contribution in [0.25, 0.3) is 0 Å². The zero-order valence-electron chi connectivity index (χ0n) is 12.8. The highest BCUT2D eigenvalue weighted by Crippen LogP contribution is 2.32. The molecule has 0 saturated carbocycles. The standard InChI is InChI=1S/C16H26N2O2/c1-4-8-18(5-2)12-14(17-3)13-6-7-15-16(11-13)20-10-9-19-15/h6-7,11,14,17H,4-5,8-10,12H2,1-3H3. The molecule has 0 aliphatic carbocycles. The molecule has 1 aliphatic rings. The van der Waals surface area contributed by atoms with Crippen molar-refractivity contribution in [3.63, 3.8) is 0 Å². The molecule has 0 aromatic heterocycles. The van der Waals surface area contributed by atoms with Crippen molar-refractivity contribution in [3.8, 4) is 11.5 Å². The Morgan fingerprint density at radius 3 is 2.60 bits per heavy atom. The van der Waals surface area contributed by atoms with Crippen LogP contribution >= 0.6 is 0 Å². The van der Waals surface area contributed by atoms with Crippen LogP contribution in [-0.4, -0.2) is 44.8 Å². The number of rotatable bonds is 7. The number of fused-ring (bicyclic) bond motifs is 1. The maximum Gasteiger partial charge on any atom is 0.161 e. The maximum absolute atomic E-state index is 5.67. The van der Waals surface area contributed by atoms with Crippen molar-refractivity contribution >= 4 is 0 Å². The van der Waals surface area contributed by atoms with Gasteiger partial charge in [-0.1, -0.05) is 19.9 Å². The molecule has 1 aromatic rings. The van der Waals surface area contributed by atoms with Gasteiger partial charge in [0.15, 0.2) is 11.5 Å². The second-order valence-electron chi connectivity index (χ2n) is 5.14. The topological polar surface area (TPSA) is 33.7 Å². The molecule has 112 valence electrons. The molecule has 0 bridgehead atoms. The van der Waals surface area contributed by atoms with E-state index in [1.807, 2.05) is 13.1 Å². The van der Waals surface area contributed by atoms with Gasteiger partial charge in [-0.15, -0.1) is 0 Å². The Morgan fingerprint density at radius 2 is 1.95 bits per heavy atom. The number of hydrogen-bond donors (Lipinski definition) is 1. The van der Waals surface area contributed by atoms with E-state index in [1.165, 1.54) is 12.0 Å². The molecule has 1 atom stereocenters. The monoisotopic (exact) mass is 278 g/mol. The summed E-state index contributed by atoms with van der Waals surface area (Å²) < 4.78 is 11.2. The Morgan fingerprint density at radius 1 is 1.20 bits per heavy atom. The van der Waals surface area contributed by atoms with Gasteiger partial charge in [0.05, 0.1) is 0 Å². The van der Waals surface area contributed by atoms with Gasteiger partial charge in [-0.25, -0.2) is 0 Å². The molecule has 0 amide bonds. The van der Waals surface area contributed by atoms with Crippen molar-refractivity contribution in [2.75, 3.05) is 39.9 Å². The summed E-state index contributed by atoms with van der Waals surface area (Å²) in [6, 6.07) is 6.58. The molecule has 20 heavy (non-hydrogen) atoms. The second kappa shape index (κ2) is 7.50. The van der Waals surface area contributed by atoms with Gasteiger partial charge >= 0.3 is 0 Å². The van der Waals surface area contributed by atoms with Crippen molar-refractivity contribution < 1.29 is 9.47 Å². The quantitative estimate of drug-likeness (QED) is 0.830. The average Bonchev–Trinajstić information content (AvgIpc) is 2.51. The third-order valence-electron chi connectivity index (χ3n) is 3.74. The fraction of sp³-hybridized carbons (Fsp3) is 0.625. The lowest BCUT2D eigenvalue weighted by Gasteiger charge is -2.27. The van der Waals surface area contributed by atoms with Gasteiger partial charge in [0.25, 0.3) is 0 Å². The molecule has 1 aliphatic heterocycles.